The maximum absolute atomic E-state index is 13.4. The normalized spacial score (nSPS) is 19.5. The van der Waals surface area contributed by atoms with E-state index in [-0.39, 0.29) is 11.3 Å². The number of nitrogens with zero attached hydrogens (tertiary/aromatic N) is 3. The summed E-state index contributed by atoms with van der Waals surface area (Å²) in [5.41, 5.74) is 4.65. The van der Waals surface area contributed by atoms with Gasteiger partial charge in [-0.05, 0) is 55.0 Å². The summed E-state index contributed by atoms with van der Waals surface area (Å²) in [5, 5.41) is 9.04. The molecule has 2 saturated heterocycles. The zero-order chi connectivity index (χ0) is 25.4. The van der Waals surface area contributed by atoms with Crippen molar-refractivity contribution in [2.45, 2.75) is 31.5 Å². The molecule has 10 heteroatoms. The molecule has 1 unspecified atom stereocenters. The van der Waals surface area contributed by atoms with E-state index in [1.165, 1.54) is 24.1 Å². The molecule has 0 aromatic heterocycles. The summed E-state index contributed by atoms with van der Waals surface area (Å²) in [6, 6.07) is 11.3. The van der Waals surface area contributed by atoms with Gasteiger partial charge in [-0.15, -0.1) is 0 Å². The Hall–Kier alpha value is -3.74. The quantitative estimate of drug-likeness (QED) is 0.712. The minimum Gasteiger partial charge on any atom is -0.496 e. The topological polar surface area (TPSA) is 99.7 Å². The van der Waals surface area contributed by atoms with Gasteiger partial charge < -0.3 is 20.3 Å². The van der Waals surface area contributed by atoms with Crippen LogP contribution in [-0.2, 0) is 11.0 Å². The van der Waals surface area contributed by atoms with Gasteiger partial charge in [-0.2, -0.15) is 18.4 Å². The van der Waals surface area contributed by atoms with Gasteiger partial charge in [0.25, 0.3) is 5.91 Å². The highest BCUT2D eigenvalue weighted by Gasteiger charge is 2.49. The van der Waals surface area contributed by atoms with Gasteiger partial charge >= 0.3 is 6.18 Å². The fourth-order valence-corrected chi connectivity index (χ4v) is 5.16. The number of alkyl halides is 3. The van der Waals surface area contributed by atoms with Gasteiger partial charge in [-0.25, -0.2) is 0 Å². The molecule has 2 aliphatic rings. The number of carbonyl (C=O) groups excluding carboxylic acids is 2. The Bertz CT molecular complexity index is 1180. The van der Waals surface area contributed by atoms with Crippen molar-refractivity contribution in [3.63, 3.8) is 0 Å². The molecule has 4 rings (SSSR count). The third-order valence-electron chi connectivity index (χ3n) is 7.05. The highest BCUT2D eigenvalue weighted by atomic mass is 19.4. The van der Waals surface area contributed by atoms with E-state index < -0.39 is 29.3 Å². The molecule has 2 amide bonds. The molecule has 0 aliphatic carbocycles. The smallest absolute Gasteiger partial charge is 0.417 e. The number of rotatable bonds is 4. The molecule has 2 aromatic rings. The van der Waals surface area contributed by atoms with Gasteiger partial charge in [-0.1, -0.05) is 12.1 Å². The monoisotopic (exact) mass is 486 g/mol. The Morgan fingerprint density at radius 2 is 1.86 bits per heavy atom. The van der Waals surface area contributed by atoms with Crippen molar-refractivity contribution in [3.05, 3.63) is 59.2 Å². The average Bonchev–Trinajstić information content (AvgIpc) is 3.22. The first-order valence-electron chi connectivity index (χ1n) is 11.2. The van der Waals surface area contributed by atoms with Crippen molar-refractivity contribution in [1.82, 2.24) is 4.90 Å². The molecule has 2 aromatic carbocycles. The highest BCUT2D eigenvalue weighted by molar-refractivity contribution is 6.00. The Kier molecular flexibility index (Phi) is 6.36. The molecule has 2 heterocycles. The van der Waals surface area contributed by atoms with E-state index in [4.69, 9.17) is 15.7 Å². The van der Waals surface area contributed by atoms with Gasteiger partial charge in [0, 0.05) is 25.3 Å². The summed E-state index contributed by atoms with van der Waals surface area (Å²) < 4.78 is 45.5. The zero-order valence-electron chi connectivity index (χ0n) is 19.1. The lowest BCUT2D eigenvalue weighted by molar-refractivity contribution is -0.137. The van der Waals surface area contributed by atoms with Crippen molar-refractivity contribution in [3.8, 4) is 11.8 Å². The van der Waals surface area contributed by atoms with E-state index in [0.29, 0.717) is 55.9 Å². The number of methoxy groups -OCH3 is 1. The highest BCUT2D eigenvalue weighted by Crippen LogP contribution is 2.45. The molecule has 1 atom stereocenters. The summed E-state index contributed by atoms with van der Waals surface area (Å²) in [6.45, 7) is 1.23. The summed E-state index contributed by atoms with van der Waals surface area (Å²) in [4.78, 5) is 28.9. The molecule has 2 aliphatic heterocycles. The number of piperidine rings is 1. The number of primary amides is 1. The molecule has 0 radical (unpaired) electrons. The molecular weight excluding hydrogens is 461 g/mol. The standard InChI is InChI=1S/C25H25F3N4O3/c1-35-21-5-3-2-4-18(21)23(34)32-15-24(13-20(32)22(30)33)8-10-31(11-9-24)17-7-6-16(14-29)19(12-17)25(26,27)28/h2-7,12,20H,8-11,13,15H2,1H3,(H2,30,33). The van der Waals surface area contributed by atoms with Gasteiger partial charge in [0.2, 0.25) is 5.91 Å². The van der Waals surface area contributed by atoms with Crippen LogP contribution in [0.5, 0.6) is 5.75 Å². The number of carbonyl (C=O) groups is 2. The Balaban J connectivity index is 1.54. The largest absolute Gasteiger partial charge is 0.496 e. The molecule has 184 valence electrons. The van der Waals surface area contributed by atoms with Crippen molar-refractivity contribution < 1.29 is 27.5 Å². The van der Waals surface area contributed by atoms with Gasteiger partial charge in [-0.3, -0.25) is 9.59 Å². The molecule has 1 spiro atoms. The van der Waals surface area contributed by atoms with Crippen molar-refractivity contribution >= 4 is 17.5 Å². The van der Waals surface area contributed by atoms with Crippen LogP contribution in [0.1, 0.15) is 40.7 Å². The third kappa shape index (κ3) is 4.63. The van der Waals surface area contributed by atoms with E-state index in [0.717, 1.165) is 6.07 Å². The number of halogens is 3. The summed E-state index contributed by atoms with van der Waals surface area (Å²) in [6.07, 6.45) is -3.07. The number of likely N-dealkylation sites (tertiary alicyclic amines) is 1. The second-order valence-electron chi connectivity index (χ2n) is 9.08. The van der Waals surface area contributed by atoms with E-state index in [1.54, 1.807) is 30.3 Å². The Labute approximate surface area is 200 Å². The third-order valence-corrected chi connectivity index (χ3v) is 7.05. The number of ether oxygens (including phenoxy) is 1. The van der Waals surface area contributed by atoms with Crippen LogP contribution in [-0.4, -0.2) is 49.5 Å². The van der Waals surface area contributed by atoms with E-state index >= 15 is 0 Å². The number of hydrogen-bond acceptors (Lipinski definition) is 5. The SMILES string of the molecule is COc1ccccc1C(=O)N1CC2(CCN(c3ccc(C#N)c(C(F)(F)F)c3)CC2)CC1C(N)=O. The molecular formula is C25H25F3N4O3. The van der Waals surface area contributed by atoms with Crippen LogP contribution >= 0.6 is 0 Å². The maximum atomic E-state index is 13.4. The lowest BCUT2D eigenvalue weighted by atomic mass is 9.76. The van der Waals surface area contributed by atoms with E-state index in [9.17, 15) is 22.8 Å². The van der Waals surface area contributed by atoms with Gasteiger partial charge in [0.05, 0.1) is 29.9 Å². The van der Waals surface area contributed by atoms with Gasteiger partial charge in [0.15, 0.2) is 0 Å². The van der Waals surface area contributed by atoms with Crippen LogP contribution in [0.3, 0.4) is 0 Å². The number of para-hydroxylation sites is 1. The Morgan fingerprint density at radius 3 is 2.46 bits per heavy atom. The molecule has 2 N–H and O–H groups in total. The number of nitrogens with two attached hydrogens (primary N) is 1. The van der Waals surface area contributed by atoms with Crippen molar-refractivity contribution in [2.75, 3.05) is 31.6 Å². The van der Waals surface area contributed by atoms with Crippen LogP contribution in [0.15, 0.2) is 42.5 Å². The molecule has 7 nitrogen and oxygen atoms in total. The predicted molar refractivity (Wildman–Crippen MR) is 122 cm³/mol. The van der Waals surface area contributed by atoms with Crippen LogP contribution in [0.4, 0.5) is 18.9 Å². The summed E-state index contributed by atoms with van der Waals surface area (Å²) >= 11 is 0. The lowest BCUT2D eigenvalue weighted by Crippen LogP contribution is -2.44. The second kappa shape index (κ2) is 9.13. The second-order valence-corrected chi connectivity index (χ2v) is 9.08. The number of amides is 2. The van der Waals surface area contributed by atoms with Crippen LogP contribution in [0.2, 0.25) is 0 Å². The summed E-state index contributed by atoms with van der Waals surface area (Å²) in [7, 11) is 1.46. The number of nitriles is 1. The zero-order valence-corrected chi connectivity index (χ0v) is 19.1. The van der Waals surface area contributed by atoms with Gasteiger partial charge in [0.1, 0.15) is 11.8 Å². The van der Waals surface area contributed by atoms with Crippen LogP contribution < -0.4 is 15.4 Å². The minimum atomic E-state index is -4.63. The predicted octanol–water partition coefficient (Wildman–Crippen LogP) is 3.57. The summed E-state index contributed by atoms with van der Waals surface area (Å²) in [5.74, 6) is -0.528. The van der Waals surface area contributed by atoms with Crippen LogP contribution in [0, 0.1) is 16.7 Å². The van der Waals surface area contributed by atoms with E-state index in [2.05, 4.69) is 0 Å². The van der Waals surface area contributed by atoms with Crippen LogP contribution in [0.25, 0.3) is 0 Å². The number of benzene rings is 2. The lowest BCUT2D eigenvalue weighted by Gasteiger charge is -2.40. The van der Waals surface area contributed by atoms with Crippen molar-refractivity contribution in [2.24, 2.45) is 11.1 Å². The first-order chi connectivity index (χ1) is 16.6. The van der Waals surface area contributed by atoms with Crippen molar-refractivity contribution in [1.29, 1.82) is 5.26 Å². The average molecular weight is 486 g/mol. The Morgan fingerprint density at radius 1 is 1.17 bits per heavy atom. The molecule has 2 fully saturated rings. The fraction of sp³-hybridized carbons (Fsp3) is 0.400. The first-order valence-corrected chi connectivity index (χ1v) is 11.2. The first kappa shape index (κ1) is 24.4. The maximum Gasteiger partial charge on any atom is 0.417 e. The molecule has 35 heavy (non-hydrogen) atoms. The minimum absolute atomic E-state index is 0.326. The molecule has 0 bridgehead atoms. The van der Waals surface area contributed by atoms with E-state index in [1.807, 2.05) is 4.90 Å². The fourth-order valence-electron chi connectivity index (χ4n) is 5.16. The number of anilines is 1. The molecule has 0 saturated carbocycles. The number of hydrogen-bond donors (Lipinski definition) is 1.